The van der Waals surface area contributed by atoms with Crippen LogP contribution >= 0.6 is 12.4 Å². The smallest absolute Gasteiger partial charge is 0.249 e. The van der Waals surface area contributed by atoms with Crippen LogP contribution in [0.4, 0.5) is 0 Å². The summed E-state index contributed by atoms with van der Waals surface area (Å²) in [6.07, 6.45) is 9.08. The van der Waals surface area contributed by atoms with Gasteiger partial charge in [-0.05, 0) is 32.2 Å². The topological polar surface area (TPSA) is 58.1 Å². The fourth-order valence-corrected chi connectivity index (χ4v) is 2.96. The van der Waals surface area contributed by atoms with Gasteiger partial charge in [0.2, 0.25) is 5.91 Å². The Kier molecular flexibility index (Phi) is 4.37. The van der Waals surface area contributed by atoms with Crippen LogP contribution in [-0.4, -0.2) is 40.4 Å². The zero-order valence-electron chi connectivity index (χ0n) is 10.8. The molecule has 6 heteroatoms. The number of amides is 1. The van der Waals surface area contributed by atoms with Crippen LogP contribution in [0.5, 0.6) is 0 Å². The minimum absolute atomic E-state index is 0. The van der Waals surface area contributed by atoms with E-state index >= 15 is 0 Å². The van der Waals surface area contributed by atoms with Crippen molar-refractivity contribution in [2.75, 3.05) is 19.6 Å². The second kappa shape index (κ2) is 5.84. The molecule has 2 saturated heterocycles. The second-order valence-corrected chi connectivity index (χ2v) is 5.03. The minimum Gasteiger partial charge on any atom is -0.341 e. The van der Waals surface area contributed by atoms with Crippen LogP contribution < -0.4 is 5.32 Å². The SMILES string of the molecule is Cl.O=C(N1CCCC1)C1(c2cnccn2)CCCN1. The molecule has 2 aliphatic rings. The number of hydrogen-bond acceptors (Lipinski definition) is 4. The highest BCUT2D eigenvalue weighted by atomic mass is 35.5. The van der Waals surface area contributed by atoms with Crippen molar-refractivity contribution < 1.29 is 4.79 Å². The van der Waals surface area contributed by atoms with Crippen LogP contribution in [0.1, 0.15) is 31.4 Å². The molecule has 1 atom stereocenters. The molecule has 3 heterocycles. The van der Waals surface area contributed by atoms with E-state index in [1.807, 2.05) is 4.90 Å². The van der Waals surface area contributed by atoms with Crippen LogP contribution in [0, 0.1) is 0 Å². The third-order valence-electron chi connectivity index (χ3n) is 3.91. The first-order chi connectivity index (χ1) is 8.83. The zero-order chi connectivity index (χ0) is 12.4. The number of aromatic nitrogens is 2. The fourth-order valence-electron chi connectivity index (χ4n) is 2.96. The van der Waals surface area contributed by atoms with Crippen molar-refractivity contribution in [1.29, 1.82) is 0 Å². The molecular weight excluding hydrogens is 264 g/mol. The van der Waals surface area contributed by atoms with Crippen molar-refractivity contribution in [3.8, 4) is 0 Å². The van der Waals surface area contributed by atoms with Gasteiger partial charge in [0, 0.05) is 25.5 Å². The van der Waals surface area contributed by atoms with E-state index in [2.05, 4.69) is 15.3 Å². The first-order valence-corrected chi connectivity index (χ1v) is 6.64. The molecule has 1 aromatic rings. The molecule has 5 nitrogen and oxygen atoms in total. The van der Waals surface area contributed by atoms with Crippen molar-refractivity contribution in [2.24, 2.45) is 0 Å². The average Bonchev–Trinajstić information content (AvgIpc) is 3.11. The Morgan fingerprint density at radius 1 is 1.26 bits per heavy atom. The molecule has 1 N–H and O–H groups in total. The highest BCUT2D eigenvalue weighted by Crippen LogP contribution is 2.32. The first kappa shape index (κ1) is 14.2. The van der Waals surface area contributed by atoms with Crippen LogP contribution in [0.15, 0.2) is 18.6 Å². The quantitative estimate of drug-likeness (QED) is 0.882. The van der Waals surface area contributed by atoms with Gasteiger partial charge in [-0.3, -0.25) is 20.1 Å². The van der Waals surface area contributed by atoms with E-state index < -0.39 is 5.54 Å². The molecule has 1 aromatic heterocycles. The van der Waals surface area contributed by atoms with E-state index in [1.165, 1.54) is 0 Å². The van der Waals surface area contributed by atoms with E-state index in [-0.39, 0.29) is 18.3 Å². The van der Waals surface area contributed by atoms with Gasteiger partial charge in [-0.1, -0.05) is 0 Å². The standard InChI is InChI=1S/C13H18N4O.ClH/c18-12(17-8-1-2-9-17)13(4-3-5-16-13)11-10-14-6-7-15-11;/h6-7,10,16H,1-5,8-9H2;1H. The molecule has 0 aromatic carbocycles. The third-order valence-corrected chi connectivity index (χ3v) is 3.91. The monoisotopic (exact) mass is 282 g/mol. The molecular formula is C13H19ClN4O. The molecule has 3 rings (SSSR count). The molecule has 2 aliphatic heterocycles. The Balaban J connectivity index is 0.00000133. The fraction of sp³-hybridized carbons (Fsp3) is 0.615. The third kappa shape index (κ3) is 2.44. The summed E-state index contributed by atoms with van der Waals surface area (Å²) in [6.45, 7) is 2.63. The molecule has 0 radical (unpaired) electrons. The Morgan fingerprint density at radius 3 is 2.63 bits per heavy atom. The van der Waals surface area contributed by atoms with Crippen LogP contribution in [-0.2, 0) is 10.3 Å². The number of halogens is 1. The molecule has 0 aliphatic carbocycles. The van der Waals surface area contributed by atoms with Crippen molar-refractivity contribution in [3.63, 3.8) is 0 Å². The van der Waals surface area contributed by atoms with Crippen molar-refractivity contribution in [2.45, 2.75) is 31.2 Å². The molecule has 104 valence electrons. The lowest BCUT2D eigenvalue weighted by Gasteiger charge is -2.31. The highest BCUT2D eigenvalue weighted by molar-refractivity contribution is 5.87. The number of likely N-dealkylation sites (tertiary alicyclic amines) is 1. The van der Waals surface area contributed by atoms with Crippen molar-refractivity contribution in [1.82, 2.24) is 20.2 Å². The molecule has 1 unspecified atom stereocenters. The number of carbonyl (C=O) groups excluding carboxylic acids is 1. The first-order valence-electron chi connectivity index (χ1n) is 6.64. The number of carbonyl (C=O) groups is 1. The lowest BCUT2D eigenvalue weighted by Crippen LogP contribution is -2.52. The van der Waals surface area contributed by atoms with Gasteiger partial charge in [-0.2, -0.15) is 0 Å². The lowest BCUT2D eigenvalue weighted by atomic mass is 9.91. The molecule has 19 heavy (non-hydrogen) atoms. The van der Waals surface area contributed by atoms with Crippen LogP contribution in [0.3, 0.4) is 0 Å². The van der Waals surface area contributed by atoms with Gasteiger partial charge >= 0.3 is 0 Å². The number of rotatable bonds is 2. The van der Waals surface area contributed by atoms with Crippen molar-refractivity contribution in [3.05, 3.63) is 24.3 Å². The maximum Gasteiger partial charge on any atom is 0.249 e. The molecule has 1 amide bonds. The highest BCUT2D eigenvalue weighted by Gasteiger charge is 2.46. The van der Waals surface area contributed by atoms with E-state index in [4.69, 9.17) is 0 Å². The summed E-state index contributed by atoms with van der Waals surface area (Å²) in [5.41, 5.74) is 0.137. The summed E-state index contributed by atoms with van der Waals surface area (Å²) in [4.78, 5) is 23.2. The normalized spacial score (nSPS) is 26.2. The summed E-state index contributed by atoms with van der Waals surface area (Å²) >= 11 is 0. The van der Waals surface area contributed by atoms with E-state index in [0.717, 1.165) is 51.0 Å². The van der Waals surface area contributed by atoms with Gasteiger partial charge in [-0.25, -0.2) is 0 Å². The maximum atomic E-state index is 12.8. The maximum absolute atomic E-state index is 12.8. The van der Waals surface area contributed by atoms with Gasteiger partial charge < -0.3 is 4.90 Å². The minimum atomic E-state index is -0.626. The Labute approximate surface area is 119 Å². The van der Waals surface area contributed by atoms with E-state index in [1.54, 1.807) is 18.6 Å². The second-order valence-electron chi connectivity index (χ2n) is 5.03. The van der Waals surface area contributed by atoms with Crippen molar-refractivity contribution >= 4 is 18.3 Å². The molecule has 2 fully saturated rings. The average molecular weight is 283 g/mol. The number of nitrogens with zero attached hydrogens (tertiary/aromatic N) is 3. The Morgan fingerprint density at radius 2 is 2.05 bits per heavy atom. The Bertz CT molecular complexity index is 428. The predicted molar refractivity (Wildman–Crippen MR) is 74.0 cm³/mol. The van der Waals surface area contributed by atoms with Gasteiger partial charge in [0.25, 0.3) is 0 Å². The molecule has 0 saturated carbocycles. The number of hydrogen-bond donors (Lipinski definition) is 1. The summed E-state index contributed by atoms with van der Waals surface area (Å²) < 4.78 is 0. The molecule has 0 spiro atoms. The van der Waals surface area contributed by atoms with Gasteiger partial charge in [-0.15, -0.1) is 12.4 Å². The van der Waals surface area contributed by atoms with Crippen LogP contribution in [0.2, 0.25) is 0 Å². The summed E-state index contributed by atoms with van der Waals surface area (Å²) in [5, 5.41) is 3.37. The lowest BCUT2D eigenvalue weighted by molar-refractivity contribution is -0.137. The van der Waals surface area contributed by atoms with Gasteiger partial charge in [0.1, 0.15) is 5.54 Å². The Hall–Kier alpha value is -1.20. The molecule has 0 bridgehead atoms. The largest absolute Gasteiger partial charge is 0.341 e. The summed E-state index contributed by atoms with van der Waals surface area (Å²) in [5.74, 6) is 0.179. The summed E-state index contributed by atoms with van der Waals surface area (Å²) in [6, 6.07) is 0. The van der Waals surface area contributed by atoms with Crippen LogP contribution in [0.25, 0.3) is 0 Å². The van der Waals surface area contributed by atoms with Gasteiger partial charge in [0.15, 0.2) is 0 Å². The zero-order valence-corrected chi connectivity index (χ0v) is 11.7. The van der Waals surface area contributed by atoms with E-state index in [9.17, 15) is 4.79 Å². The van der Waals surface area contributed by atoms with Gasteiger partial charge in [0.05, 0.1) is 11.9 Å². The predicted octanol–water partition coefficient (Wildman–Crippen LogP) is 1.10. The van der Waals surface area contributed by atoms with E-state index in [0.29, 0.717) is 0 Å². The summed E-state index contributed by atoms with van der Waals surface area (Å²) in [7, 11) is 0. The number of nitrogens with one attached hydrogen (secondary N) is 1.